The molecule has 0 aliphatic heterocycles. The van der Waals surface area contributed by atoms with E-state index < -0.39 is 20.1 Å². The summed E-state index contributed by atoms with van der Waals surface area (Å²) in [6.07, 6.45) is 4.49. The topological polar surface area (TPSA) is 77.2 Å². The van der Waals surface area contributed by atoms with E-state index in [9.17, 15) is 13.2 Å². The minimum absolute atomic E-state index is 0.0517. The molecule has 0 aromatic rings. The normalized spacial score (nSPS) is 20.7. The second-order valence-corrected chi connectivity index (χ2v) is 9.18. The maximum Gasteiger partial charge on any atom is 0.155 e. The fraction of sp³-hybridized carbons (Fsp3) is 0.923. The molecule has 0 bridgehead atoms. The Bertz CT molecular complexity index is 400. The Morgan fingerprint density at radius 1 is 1.17 bits per heavy atom. The van der Waals surface area contributed by atoms with Crippen LogP contribution in [0.1, 0.15) is 59.3 Å². The van der Waals surface area contributed by atoms with Crippen LogP contribution < -0.4 is 5.73 Å². The van der Waals surface area contributed by atoms with Gasteiger partial charge >= 0.3 is 0 Å². The predicted molar refractivity (Wildman–Crippen MR) is 73.2 cm³/mol. The Morgan fingerprint density at radius 3 is 2.11 bits per heavy atom. The molecule has 1 rings (SSSR count). The van der Waals surface area contributed by atoms with Crippen molar-refractivity contribution in [1.29, 1.82) is 0 Å². The standard InChI is InChI=1S/C13H25NO3S/c1-12(2,3)18(16,17)10-7-11(15)13(14)8-5-4-6-9-13/h4-10,14H2,1-3H3. The third-order valence-electron chi connectivity index (χ3n) is 3.83. The van der Waals surface area contributed by atoms with Crippen molar-refractivity contribution < 1.29 is 13.2 Å². The predicted octanol–water partition coefficient (Wildman–Crippen LogP) is 1.82. The molecule has 1 saturated carbocycles. The number of hydrogen-bond donors (Lipinski definition) is 1. The molecule has 106 valence electrons. The fourth-order valence-corrected chi connectivity index (χ4v) is 3.31. The summed E-state index contributed by atoms with van der Waals surface area (Å²) in [4.78, 5) is 12.1. The van der Waals surface area contributed by atoms with E-state index in [2.05, 4.69) is 0 Å². The van der Waals surface area contributed by atoms with Crippen LogP contribution in [0.3, 0.4) is 0 Å². The van der Waals surface area contributed by atoms with Crippen molar-refractivity contribution in [2.45, 2.75) is 69.6 Å². The molecular weight excluding hydrogens is 250 g/mol. The first-order valence-corrected chi connectivity index (χ1v) is 8.28. The number of hydrogen-bond acceptors (Lipinski definition) is 4. The largest absolute Gasteiger partial charge is 0.319 e. The van der Waals surface area contributed by atoms with Crippen molar-refractivity contribution in [2.75, 3.05) is 5.75 Å². The third kappa shape index (κ3) is 3.54. The molecule has 1 aliphatic rings. The van der Waals surface area contributed by atoms with Crippen molar-refractivity contribution in [1.82, 2.24) is 0 Å². The van der Waals surface area contributed by atoms with Gasteiger partial charge in [-0.15, -0.1) is 0 Å². The highest BCUT2D eigenvalue weighted by atomic mass is 32.2. The second kappa shape index (κ2) is 5.29. The van der Waals surface area contributed by atoms with Gasteiger partial charge in [-0.2, -0.15) is 0 Å². The molecule has 0 atom stereocenters. The zero-order valence-corrected chi connectivity index (χ0v) is 12.5. The SMILES string of the molecule is CC(C)(C)S(=O)(=O)CCC(=O)C1(N)CCCCC1. The number of rotatable bonds is 4. The minimum atomic E-state index is -3.23. The summed E-state index contributed by atoms with van der Waals surface area (Å²) in [6.45, 7) is 4.98. The summed E-state index contributed by atoms with van der Waals surface area (Å²) in [6, 6.07) is 0. The van der Waals surface area contributed by atoms with E-state index in [1.165, 1.54) is 0 Å². The van der Waals surface area contributed by atoms with Crippen LogP contribution in [0.25, 0.3) is 0 Å². The van der Waals surface area contributed by atoms with E-state index in [0.717, 1.165) is 19.3 Å². The van der Waals surface area contributed by atoms with Crippen molar-refractivity contribution in [3.8, 4) is 0 Å². The van der Waals surface area contributed by atoms with E-state index in [1.54, 1.807) is 20.8 Å². The molecule has 0 spiro atoms. The zero-order valence-electron chi connectivity index (χ0n) is 11.7. The van der Waals surface area contributed by atoms with Crippen LogP contribution in [0.15, 0.2) is 0 Å². The van der Waals surface area contributed by atoms with E-state index in [-0.39, 0.29) is 18.0 Å². The van der Waals surface area contributed by atoms with Gasteiger partial charge in [0.15, 0.2) is 15.6 Å². The molecule has 0 saturated heterocycles. The van der Waals surface area contributed by atoms with Gasteiger partial charge in [0, 0.05) is 6.42 Å². The molecule has 2 N–H and O–H groups in total. The Hall–Kier alpha value is -0.420. The molecule has 5 heteroatoms. The van der Waals surface area contributed by atoms with Crippen LogP contribution in [0.4, 0.5) is 0 Å². The molecule has 18 heavy (non-hydrogen) atoms. The summed E-state index contributed by atoms with van der Waals surface area (Å²) in [5, 5.41) is 0. The monoisotopic (exact) mass is 275 g/mol. The van der Waals surface area contributed by atoms with Gasteiger partial charge in [-0.05, 0) is 33.6 Å². The van der Waals surface area contributed by atoms with Gasteiger partial charge in [0.05, 0.1) is 16.0 Å². The van der Waals surface area contributed by atoms with E-state index >= 15 is 0 Å². The quantitative estimate of drug-likeness (QED) is 0.849. The maximum absolute atomic E-state index is 12.1. The molecule has 0 heterocycles. The number of carbonyl (C=O) groups excluding carboxylic acids is 1. The summed E-state index contributed by atoms with van der Waals surface area (Å²) in [7, 11) is -3.23. The van der Waals surface area contributed by atoms with Crippen molar-refractivity contribution in [3.05, 3.63) is 0 Å². The fourth-order valence-electron chi connectivity index (χ4n) is 2.24. The van der Waals surface area contributed by atoms with Crippen molar-refractivity contribution in [3.63, 3.8) is 0 Å². The van der Waals surface area contributed by atoms with Crippen LogP contribution in [-0.2, 0) is 14.6 Å². The van der Waals surface area contributed by atoms with Crippen LogP contribution in [0.2, 0.25) is 0 Å². The summed E-state index contributed by atoms with van der Waals surface area (Å²) in [5.74, 6) is -0.177. The van der Waals surface area contributed by atoms with Crippen LogP contribution >= 0.6 is 0 Å². The Balaban J connectivity index is 2.61. The number of carbonyl (C=O) groups is 1. The summed E-state index contributed by atoms with van der Waals surface area (Å²) in [5.41, 5.74) is 5.32. The molecule has 1 aliphatic carbocycles. The van der Waals surface area contributed by atoms with Gasteiger partial charge in [-0.25, -0.2) is 8.42 Å². The molecule has 0 aromatic heterocycles. The van der Waals surface area contributed by atoms with Gasteiger partial charge in [0.1, 0.15) is 0 Å². The smallest absolute Gasteiger partial charge is 0.155 e. The summed E-state index contributed by atoms with van der Waals surface area (Å²) < 4.78 is 23.1. The first-order chi connectivity index (χ1) is 8.08. The molecular formula is C13H25NO3S. The summed E-state index contributed by atoms with van der Waals surface area (Å²) >= 11 is 0. The van der Waals surface area contributed by atoms with Gasteiger partial charge in [-0.1, -0.05) is 19.3 Å². The lowest BCUT2D eigenvalue weighted by molar-refractivity contribution is -0.124. The average molecular weight is 275 g/mol. The highest BCUT2D eigenvalue weighted by molar-refractivity contribution is 7.92. The molecule has 0 aromatic carbocycles. The molecule has 1 fully saturated rings. The van der Waals surface area contributed by atoms with E-state index in [0.29, 0.717) is 12.8 Å². The maximum atomic E-state index is 12.1. The first-order valence-electron chi connectivity index (χ1n) is 6.63. The van der Waals surface area contributed by atoms with E-state index in [1.807, 2.05) is 0 Å². The van der Waals surface area contributed by atoms with Crippen molar-refractivity contribution in [2.24, 2.45) is 5.73 Å². The average Bonchev–Trinajstić information content (AvgIpc) is 2.25. The number of Topliss-reactive ketones (excluding diaryl/α,β-unsaturated/α-hetero) is 1. The lowest BCUT2D eigenvalue weighted by atomic mass is 9.79. The Labute approximate surface area is 110 Å². The number of sulfone groups is 1. The number of ketones is 1. The molecule has 0 unspecified atom stereocenters. The molecule has 4 nitrogen and oxygen atoms in total. The lowest BCUT2D eigenvalue weighted by Crippen LogP contribution is -2.50. The van der Waals surface area contributed by atoms with Crippen LogP contribution in [-0.4, -0.2) is 30.2 Å². The first kappa shape index (κ1) is 15.6. The Kier molecular flexibility index (Phi) is 4.60. The van der Waals surface area contributed by atoms with Gasteiger partial charge in [0.2, 0.25) is 0 Å². The third-order valence-corrected chi connectivity index (χ3v) is 6.44. The second-order valence-electron chi connectivity index (χ2n) is 6.32. The minimum Gasteiger partial charge on any atom is -0.319 e. The highest BCUT2D eigenvalue weighted by Gasteiger charge is 2.36. The van der Waals surface area contributed by atoms with Gasteiger partial charge < -0.3 is 5.73 Å². The lowest BCUT2D eigenvalue weighted by Gasteiger charge is -2.32. The van der Waals surface area contributed by atoms with Gasteiger partial charge in [-0.3, -0.25) is 4.79 Å². The Morgan fingerprint density at radius 2 is 1.67 bits per heavy atom. The number of nitrogens with two attached hydrogens (primary N) is 1. The van der Waals surface area contributed by atoms with Crippen molar-refractivity contribution >= 4 is 15.6 Å². The highest BCUT2D eigenvalue weighted by Crippen LogP contribution is 2.28. The molecule has 0 amide bonds. The molecule has 0 radical (unpaired) electrons. The van der Waals surface area contributed by atoms with Gasteiger partial charge in [0.25, 0.3) is 0 Å². The zero-order chi connectivity index (χ0) is 14.0. The van der Waals surface area contributed by atoms with Crippen LogP contribution in [0, 0.1) is 0 Å². The van der Waals surface area contributed by atoms with Crippen LogP contribution in [0.5, 0.6) is 0 Å². The van der Waals surface area contributed by atoms with E-state index in [4.69, 9.17) is 5.73 Å².